The Labute approximate surface area is 179 Å². The molecule has 2 heterocycles. The number of aryl methyl sites for hydroxylation is 2. The first-order valence-electron chi connectivity index (χ1n) is 9.39. The van der Waals surface area contributed by atoms with Crippen molar-refractivity contribution in [3.8, 4) is 16.8 Å². The molecule has 0 aliphatic rings. The number of nitrogens with zero attached hydrogens (tertiary/aromatic N) is 4. The van der Waals surface area contributed by atoms with E-state index in [-0.39, 0.29) is 18.5 Å². The highest BCUT2D eigenvalue weighted by Crippen LogP contribution is 2.23. The number of pyridine rings is 1. The third-order valence-electron chi connectivity index (χ3n) is 5.26. The molecule has 3 aromatic rings. The lowest BCUT2D eigenvalue weighted by Gasteiger charge is -2.25. The van der Waals surface area contributed by atoms with E-state index in [9.17, 15) is 18.0 Å². The SMILES string of the molecule is Cc1cnn(-c2ccc(-c3ccn(CCC(C)(C(=O)NO)S(C)(=O)=O)c(=O)c3)cc2)n1. The van der Waals surface area contributed by atoms with Gasteiger partial charge in [0.25, 0.3) is 11.5 Å². The first kappa shape index (κ1) is 22.4. The maximum absolute atomic E-state index is 12.5. The maximum atomic E-state index is 12.5. The summed E-state index contributed by atoms with van der Waals surface area (Å²) in [6.45, 7) is 3.05. The number of carbonyl (C=O) groups excluding carboxylic acids is 1. The fourth-order valence-corrected chi connectivity index (χ4v) is 3.89. The van der Waals surface area contributed by atoms with E-state index in [1.54, 1.807) is 18.5 Å². The van der Waals surface area contributed by atoms with Crippen molar-refractivity contribution in [2.24, 2.45) is 0 Å². The molecule has 1 atom stereocenters. The number of rotatable bonds is 7. The molecule has 2 aromatic heterocycles. The molecule has 0 aliphatic carbocycles. The predicted octanol–water partition coefficient (Wildman–Crippen LogP) is 1.10. The number of benzene rings is 1. The van der Waals surface area contributed by atoms with Gasteiger partial charge in [-0.2, -0.15) is 15.0 Å². The molecule has 1 amide bonds. The Bertz CT molecular complexity index is 1260. The van der Waals surface area contributed by atoms with Crippen LogP contribution in [0.15, 0.2) is 53.6 Å². The van der Waals surface area contributed by atoms with Crippen LogP contribution in [0.25, 0.3) is 16.8 Å². The van der Waals surface area contributed by atoms with Crippen LogP contribution in [0.5, 0.6) is 0 Å². The van der Waals surface area contributed by atoms with Crippen molar-refractivity contribution in [1.82, 2.24) is 25.0 Å². The lowest BCUT2D eigenvalue weighted by Crippen LogP contribution is -2.49. The number of sulfone groups is 1. The van der Waals surface area contributed by atoms with Crippen LogP contribution in [0.1, 0.15) is 19.0 Å². The van der Waals surface area contributed by atoms with Gasteiger partial charge in [-0.05, 0) is 49.6 Å². The van der Waals surface area contributed by atoms with Crippen molar-refractivity contribution >= 4 is 15.7 Å². The second-order valence-electron chi connectivity index (χ2n) is 7.46. The van der Waals surface area contributed by atoms with Crippen LogP contribution in [0.4, 0.5) is 0 Å². The van der Waals surface area contributed by atoms with Gasteiger partial charge < -0.3 is 4.57 Å². The molecule has 0 saturated carbocycles. The van der Waals surface area contributed by atoms with Gasteiger partial charge >= 0.3 is 0 Å². The quantitative estimate of drug-likeness (QED) is 0.410. The average molecular weight is 446 g/mol. The molecule has 164 valence electrons. The van der Waals surface area contributed by atoms with Gasteiger partial charge in [0, 0.05) is 25.1 Å². The Morgan fingerprint density at radius 2 is 1.87 bits per heavy atom. The molecular formula is C20H23N5O5S. The van der Waals surface area contributed by atoms with Crippen molar-refractivity contribution in [3.05, 3.63) is 64.8 Å². The zero-order valence-electron chi connectivity index (χ0n) is 17.3. The number of aromatic nitrogens is 4. The molecule has 1 aromatic carbocycles. The van der Waals surface area contributed by atoms with Crippen LogP contribution in [0.3, 0.4) is 0 Å². The highest BCUT2D eigenvalue weighted by molar-refractivity contribution is 7.92. The molecule has 3 rings (SSSR count). The van der Waals surface area contributed by atoms with Gasteiger partial charge in [0.2, 0.25) is 0 Å². The van der Waals surface area contributed by atoms with Gasteiger partial charge in [-0.3, -0.25) is 14.8 Å². The average Bonchev–Trinajstić information content (AvgIpc) is 3.17. The van der Waals surface area contributed by atoms with Crippen molar-refractivity contribution in [1.29, 1.82) is 0 Å². The van der Waals surface area contributed by atoms with Gasteiger partial charge in [-0.15, -0.1) is 0 Å². The van der Waals surface area contributed by atoms with Gasteiger partial charge in [-0.25, -0.2) is 13.9 Å². The summed E-state index contributed by atoms with van der Waals surface area (Å²) in [4.78, 5) is 26.0. The lowest BCUT2D eigenvalue weighted by molar-refractivity contribution is -0.131. The van der Waals surface area contributed by atoms with Crippen LogP contribution in [0, 0.1) is 6.92 Å². The molecule has 0 bridgehead atoms. The number of hydrogen-bond acceptors (Lipinski definition) is 7. The Kier molecular flexibility index (Phi) is 6.09. The summed E-state index contributed by atoms with van der Waals surface area (Å²) < 4.78 is 23.6. The fourth-order valence-electron chi connectivity index (χ4n) is 3.04. The Balaban J connectivity index is 1.80. The molecule has 1 unspecified atom stereocenters. The van der Waals surface area contributed by atoms with Crippen molar-refractivity contribution in [3.63, 3.8) is 0 Å². The monoisotopic (exact) mass is 445 g/mol. The van der Waals surface area contributed by atoms with Crippen molar-refractivity contribution in [2.45, 2.75) is 31.6 Å². The van der Waals surface area contributed by atoms with Crippen LogP contribution in [0.2, 0.25) is 0 Å². The Morgan fingerprint density at radius 3 is 2.39 bits per heavy atom. The van der Waals surface area contributed by atoms with E-state index in [1.165, 1.54) is 27.8 Å². The number of nitrogens with one attached hydrogen (secondary N) is 1. The van der Waals surface area contributed by atoms with E-state index < -0.39 is 20.5 Å². The third-order valence-corrected chi connectivity index (χ3v) is 7.29. The molecule has 0 radical (unpaired) electrons. The molecule has 31 heavy (non-hydrogen) atoms. The summed E-state index contributed by atoms with van der Waals surface area (Å²) in [5.41, 5.74) is 4.15. The standard InChI is InChI=1S/C20H23N5O5S/c1-14-13-21-25(22-14)17-6-4-15(5-7-17)16-8-10-24(18(26)12-16)11-9-20(2,19(27)23-28)31(3,29)30/h4-8,10,12-13,28H,9,11H2,1-3H3,(H,23,27). The largest absolute Gasteiger partial charge is 0.315 e. The molecule has 0 spiro atoms. The van der Waals surface area contributed by atoms with Crippen LogP contribution >= 0.6 is 0 Å². The van der Waals surface area contributed by atoms with E-state index in [4.69, 9.17) is 5.21 Å². The molecule has 0 fully saturated rings. The van der Waals surface area contributed by atoms with Gasteiger partial charge in [-0.1, -0.05) is 12.1 Å². The zero-order valence-corrected chi connectivity index (χ0v) is 18.1. The van der Waals surface area contributed by atoms with Crippen molar-refractivity contribution in [2.75, 3.05) is 6.26 Å². The van der Waals surface area contributed by atoms with E-state index in [2.05, 4.69) is 10.2 Å². The first-order chi connectivity index (χ1) is 14.5. The summed E-state index contributed by atoms with van der Waals surface area (Å²) in [5, 5.41) is 17.3. The highest BCUT2D eigenvalue weighted by Gasteiger charge is 2.43. The zero-order chi connectivity index (χ0) is 22.8. The van der Waals surface area contributed by atoms with Gasteiger partial charge in [0.15, 0.2) is 14.6 Å². The molecule has 11 heteroatoms. The smallest absolute Gasteiger partial charge is 0.264 e. The minimum atomic E-state index is -3.84. The minimum Gasteiger partial charge on any atom is -0.315 e. The van der Waals surface area contributed by atoms with Gasteiger partial charge in [0.05, 0.1) is 17.6 Å². The van der Waals surface area contributed by atoms with E-state index in [1.807, 2.05) is 31.2 Å². The second kappa shape index (κ2) is 8.44. The van der Waals surface area contributed by atoms with Crippen LogP contribution in [-0.4, -0.2) is 50.1 Å². The summed E-state index contributed by atoms with van der Waals surface area (Å²) in [6.07, 6.45) is 3.94. The maximum Gasteiger partial charge on any atom is 0.264 e. The molecule has 2 N–H and O–H groups in total. The number of carbonyl (C=O) groups is 1. The predicted molar refractivity (Wildman–Crippen MR) is 114 cm³/mol. The van der Waals surface area contributed by atoms with E-state index >= 15 is 0 Å². The summed E-state index contributed by atoms with van der Waals surface area (Å²) in [5.74, 6) is -1.04. The normalized spacial score (nSPS) is 13.5. The third kappa shape index (κ3) is 4.57. The number of hydroxylamine groups is 1. The molecule has 10 nitrogen and oxygen atoms in total. The topological polar surface area (TPSA) is 136 Å². The first-order valence-corrected chi connectivity index (χ1v) is 11.3. The number of hydrogen-bond donors (Lipinski definition) is 2. The lowest BCUT2D eigenvalue weighted by atomic mass is 10.1. The Morgan fingerprint density at radius 1 is 1.19 bits per heavy atom. The van der Waals surface area contributed by atoms with Gasteiger partial charge in [0.1, 0.15) is 0 Å². The van der Waals surface area contributed by atoms with E-state index in [0.29, 0.717) is 5.56 Å². The molecule has 0 saturated heterocycles. The van der Waals surface area contributed by atoms with E-state index in [0.717, 1.165) is 23.2 Å². The minimum absolute atomic E-state index is 0.0145. The van der Waals surface area contributed by atoms with Crippen LogP contribution in [-0.2, 0) is 21.2 Å². The van der Waals surface area contributed by atoms with Crippen LogP contribution < -0.4 is 11.0 Å². The molecular weight excluding hydrogens is 422 g/mol. The molecule has 0 aliphatic heterocycles. The second-order valence-corrected chi connectivity index (χ2v) is 9.91. The fraction of sp³-hybridized carbons (Fsp3) is 0.300. The number of amides is 1. The van der Waals surface area contributed by atoms with Crippen molar-refractivity contribution < 1.29 is 18.4 Å². The Hall–Kier alpha value is -3.31. The summed E-state index contributed by atoms with van der Waals surface area (Å²) in [6, 6.07) is 10.5. The summed E-state index contributed by atoms with van der Waals surface area (Å²) >= 11 is 0. The highest BCUT2D eigenvalue weighted by atomic mass is 32.2. The summed E-state index contributed by atoms with van der Waals surface area (Å²) in [7, 11) is -3.84.